The molecule has 3 atom stereocenters. The maximum Gasteiger partial charge on any atom is 0.151 e. The van der Waals surface area contributed by atoms with Gasteiger partial charge in [0.2, 0.25) is 0 Å². The third kappa shape index (κ3) is 2.40. The molecule has 0 fully saturated rings. The molecule has 0 aromatic rings. The molecule has 0 spiro atoms. The van der Waals surface area contributed by atoms with Gasteiger partial charge in [0, 0.05) is 0 Å². The van der Waals surface area contributed by atoms with Crippen molar-refractivity contribution >= 4 is 6.29 Å². The van der Waals surface area contributed by atoms with E-state index in [1.54, 1.807) is 0 Å². The second-order valence-electron chi connectivity index (χ2n) is 1.87. The van der Waals surface area contributed by atoms with Gasteiger partial charge in [0.05, 0.1) is 6.61 Å². The molecule has 0 aromatic heterocycles. The molecule has 0 saturated carbocycles. The third-order valence-electron chi connectivity index (χ3n) is 1.07. The van der Waals surface area contributed by atoms with Crippen molar-refractivity contribution in [2.24, 2.45) is 0 Å². The van der Waals surface area contributed by atoms with Crippen LogP contribution in [0.15, 0.2) is 0 Å². The second kappa shape index (κ2) is 4.35. The molecule has 0 heterocycles. The molecule has 0 radical (unpaired) electrons. The van der Waals surface area contributed by atoms with Gasteiger partial charge in [-0.2, -0.15) is 0 Å². The number of hydrogen-bond acceptors (Lipinski definition) is 5. The standard InChI is InChI=1S/C5H10O5/c6-1-3(8)5(10)4(9)2-7/h1,3-5,7-10H,2H2/t3-,4-,5+/m1/s1/i5+1. The summed E-state index contributed by atoms with van der Waals surface area (Å²) in [6.45, 7) is -0.688. The number of carbonyl (C=O) groups excluding carboxylic acids is 1. The highest BCUT2D eigenvalue weighted by Gasteiger charge is 2.22. The fourth-order valence-corrected chi connectivity index (χ4v) is 0.416. The molecule has 5 nitrogen and oxygen atoms in total. The molecule has 0 amide bonds. The lowest BCUT2D eigenvalue weighted by atomic mass is 10.4. The molecule has 10 heavy (non-hydrogen) atoms. The molecule has 4 N–H and O–H groups in total. The van der Waals surface area contributed by atoms with E-state index in [2.05, 4.69) is 0 Å². The third-order valence-corrected chi connectivity index (χ3v) is 1.07. The number of hydrogen-bond donors (Lipinski definition) is 4. The molecule has 0 aliphatic carbocycles. The first-order valence-electron chi connectivity index (χ1n) is 2.73. The van der Waals surface area contributed by atoms with E-state index in [0.717, 1.165) is 0 Å². The van der Waals surface area contributed by atoms with E-state index in [-0.39, 0.29) is 6.29 Å². The SMILES string of the molecule is O=C[C@@H](O)[13C@H](O)[C@H](O)CO. The van der Waals surface area contributed by atoms with Crippen LogP contribution in [0.4, 0.5) is 0 Å². The van der Waals surface area contributed by atoms with Gasteiger partial charge in [0.25, 0.3) is 0 Å². The Morgan fingerprint density at radius 1 is 1.30 bits per heavy atom. The minimum absolute atomic E-state index is 0.0869. The minimum atomic E-state index is -1.64. The largest absolute Gasteiger partial charge is 0.394 e. The van der Waals surface area contributed by atoms with Crippen LogP contribution in [0.3, 0.4) is 0 Å². The molecule has 0 aromatic carbocycles. The Hall–Kier alpha value is -0.490. The quantitative estimate of drug-likeness (QED) is 0.258. The predicted octanol–water partition coefficient (Wildman–Crippen LogP) is -2.74. The first-order chi connectivity index (χ1) is 4.63. The fraction of sp³-hybridized carbons (Fsp3) is 0.800. The van der Waals surface area contributed by atoms with Crippen LogP contribution in [0.25, 0.3) is 0 Å². The monoisotopic (exact) mass is 151 g/mol. The number of aliphatic hydroxyl groups excluding tert-OH is 4. The van der Waals surface area contributed by atoms with Crippen molar-refractivity contribution in [3.05, 3.63) is 0 Å². The highest BCUT2D eigenvalue weighted by Crippen LogP contribution is 1.96. The summed E-state index contributed by atoms with van der Waals surface area (Å²) in [5.74, 6) is 0. The van der Waals surface area contributed by atoms with E-state index < -0.39 is 24.9 Å². The lowest BCUT2D eigenvalue weighted by Gasteiger charge is -2.16. The minimum Gasteiger partial charge on any atom is -0.394 e. The molecule has 0 saturated heterocycles. The van der Waals surface area contributed by atoms with Crippen LogP contribution in [0.1, 0.15) is 0 Å². The van der Waals surface area contributed by atoms with E-state index in [1.165, 1.54) is 0 Å². The lowest BCUT2D eigenvalue weighted by molar-refractivity contribution is -0.127. The topological polar surface area (TPSA) is 98.0 Å². The molecule has 0 rings (SSSR count). The zero-order valence-electron chi connectivity index (χ0n) is 5.21. The normalized spacial score (nSPS) is 19.6. The van der Waals surface area contributed by atoms with E-state index >= 15 is 0 Å². The van der Waals surface area contributed by atoms with E-state index in [1.807, 2.05) is 0 Å². The van der Waals surface area contributed by atoms with Crippen LogP contribution in [-0.2, 0) is 4.79 Å². The molecular formula is C5H10O5. The smallest absolute Gasteiger partial charge is 0.151 e. The van der Waals surface area contributed by atoms with Crippen molar-refractivity contribution in [2.45, 2.75) is 18.3 Å². The number of rotatable bonds is 4. The summed E-state index contributed by atoms with van der Waals surface area (Å²) in [4.78, 5) is 9.76. The molecule has 0 aliphatic rings. The van der Waals surface area contributed by atoms with E-state index in [0.29, 0.717) is 0 Å². The van der Waals surface area contributed by atoms with Crippen LogP contribution in [0, 0.1) is 0 Å². The van der Waals surface area contributed by atoms with Crippen LogP contribution >= 0.6 is 0 Å². The Bertz CT molecular complexity index is 104. The van der Waals surface area contributed by atoms with Gasteiger partial charge in [0.15, 0.2) is 6.29 Å². The summed E-state index contributed by atoms with van der Waals surface area (Å²) in [5, 5.41) is 34.1. The van der Waals surface area contributed by atoms with Crippen molar-refractivity contribution in [3.8, 4) is 0 Å². The molecule has 0 unspecified atom stereocenters. The van der Waals surface area contributed by atoms with Gasteiger partial charge in [-0.05, 0) is 0 Å². The highest BCUT2D eigenvalue weighted by molar-refractivity contribution is 5.56. The van der Waals surface area contributed by atoms with Crippen molar-refractivity contribution in [1.29, 1.82) is 0 Å². The summed E-state index contributed by atoms with van der Waals surface area (Å²) in [6, 6.07) is 0. The average molecular weight is 151 g/mol. The summed E-state index contributed by atoms with van der Waals surface area (Å²) in [5.41, 5.74) is 0. The lowest BCUT2D eigenvalue weighted by Crippen LogP contribution is -2.40. The van der Waals surface area contributed by atoms with Crippen molar-refractivity contribution in [1.82, 2.24) is 0 Å². The van der Waals surface area contributed by atoms with E-state index in [9.17, 15) is 4.79 Å². The number of aldehydes is 1. The summed E-state index contributed by atoms with van der Waals surface area (Å²) in [7, 11) is 0. The van der Waals surface area contributed by atoms with Gasteiger partial charge in [-0.25, -0.2) is 0 Å². The summed E-state index contributed by atoms with van der Waals surface area (Å²) < 4.78 is 0. The van der Waals surface area contributed by atoms with Crippen molar-refractivity contribution in [2.75, 3.05) is 6.61 Å². The van der Waals surface area contributed by atoms with Gasteiger partial charge >= 0.3 is 0 Å². The van der Waals surface area contributed by atoms with Crippen LogP contribution in [0.5, 0.6) is 0 Å². The Balaban J connectivity index is 3.80. The Morgan fingerprint density at radius 2 is 1.80 bits per heavy atom. The maximum atomic E-state index is 9.76. The van der Waals surface area contributed by atoms with Crippen molar-refractivity contribution in [3.63, 3.8) is 0 Å². The Labute approximate surface area is 57.5 Å². The number of aliphatic hydroxyl groups is 4. The van der Waals surface area contributed by atoms with Crippen molar-refractivity contribution < 1.29 is 25.2 Å². The zero-order valence-corrected chi connectivity index (χ0v) is 5.21. The molecule has 60 valence electrons. The van der Waals surface area contributed by atoms with Crippen LogP contribution in [-0.4, -0.2) is 51.6 Å². The van der Waals surface area contributed by atoms with Gasteiger partial charge in [-0.3, -0.25) is 0 Å². The molecule has 0 aliphatic heterocycles. The maximum absolute atomic E-state index is 9.76. The predicted molar refractivity (Wildman–Crippen MR) is 31.2 cm³/mol. The van der Waals surface area contributed by atoms with Gasteiger partial charge in [-0.15, -0.1) is 0 Å². The highest BCUT2D eigenvalue weighted by atomic mass is 16.4. The number of carbonyl (C=O) groups is 1. The summed E-state index contributed by atoms with van der Waals surface area (Å²) in [6.07, 6.45) is -4.63. The average Bonchev–Trinajstić information content (AvgIpc) is 2.00. The van der Waals surface area contributed by atoms with Crippen LogP contribution in [0.2, 0.25) is 0 Å². The van der Waals surface area contributed by atoms with E-state index in [4.69, 9.17) is 20.4 Å². The summed E-state index contributed by atoms with van der Waals surface area (Å²) >= 11 is 0. The first-order valence-corrected chi connectivity index (χ1v) is 2.73. The Kier molecular flexibility index (Phi) is 4.13. The van der Waals surface area contributed by atoms with Gasteiger partial charge in [0.1, 0.15) is 18.3 Å². The molecule has 5 heteroatoms. The molecule has 0 bridgehead atoms. The van der Waals surface area contributed by atoms with Crippen LogP contribution < -0.4 is 0 Å². The first kappa shape index (κ1) is 9.51. The zero-order chi connectivity index (χ0) is 8.15. The van der Waals surface area contributed by atoms with Gasteiger partial charge < -0.3 is 25.2 Å². The fourth-order valence-electron chi connectivity index (χ4n) is 0.416. The van der Waals surface area contributed by atoms with Gasteiger partial charge in [-0.1, -0.05) is 0 Å². The molecular weight excluding hydrogens is 141 g/mol. The second-order valence-corrected chi connectivity index (χ2v) is 1.87. The Morgan fingerprint density at radius 3 is 2.10 bits per heavy atom.